The molecule has 5 nitrogen and oxygen atoms in total. The van der Waals surface area contributed by atoms with E-state index in [2.05, 4.69) is 20.3 Å². The summed E-state index contributed by atoms with van der Waals surface area (Å²) < 4.78 is 1.85. The number of nitrogens with zero attached hydrogens (tertiary/aromatic N) is 4. The summed E-state index contributed by atoms with van der Waals surface area (Å²) in [5.41, 5.74) is 0. The molecular formula is C11H21N5. The van der Waals surface area contributed by atoms with Gasteiger partial charge >= 0.3 is 0 Å². The number of hydrogen-bond acceptors (Lipinski definition) is 4. The van der Waals surface area contributed by atoms with Crippen LogP contribution in [0, 0.1) is 0 Å². The smallest absolute Gasteiger partial charge is 0.137 e. The molecule has 1 N–H and O–H groups in total. The molecule has 5 heteroatoms. The maximum absolute atomic E-state index is 4.05. The summed E-state index contributed by atoms with van der Waals surface area (Å²) in [5.74, 6) is 0. The average molecular weight is 223 g/mol. The van der Waals surface area contributed by atoms with E-state index >= 15 is 0 Å². The van der Waals surface area contributed by atoms with Gasteiger partial charge in [0.2, 0.25) is 0 Å². The average Bonchev–Trinajstić information content (AvgIpc) is 2.96. The number of nitrogens with one attached hydrogen (secondary N) is 1. The van der Waals surface area contributed by atoms with Crippen LogP contribution in [0.25, 0.3) is 0 Å². The highest BCUT2D eigenvalue weighted by atomic mass is 15.3. The summed E-state index contributed by atoms with van der Waals surface area (Å²) in [6.45, 7) is 6.84. The van der Waals surface area contributed by atoms with E-state index in [1.165, 1.54) is 38.9 Å². The first kappa shape index (κ1) is 11.5. The van der Waals surface area contributed by atoms with Crippen LogP contribution in [0.5, 0.6) is 0 Å². The molecule has 0 aliphatic carbocycles. The van der Waals surface area contributed by atoms with Gasteiger partial charge in [-0.15, -0.1) is 0 Å². The molecule has 0 atom stereocenters. The Bertz CT molecular complexity index is 266. The fourth-order valence-corrected chi connectivity index (χ4v) is 2.10. The Morgan fingerprint density at radius 1 is 1.12 bits per heavy atom. The van der Waals surface area contributed by atoms with E-state index in [0.29, 0.717) is 0 Å². The normalized spacial score (nSPS) is 17.0. The minimum Gasteiger partial charge on any atom is -0.315 e. The van der Waals surface area contributed by atoms with Crippen molar-refractivity contribution in [2.45, 2.75) is 25.8 Å². The first-order valence-corrected chi connectivity index (χ1v) is 6.20. The van der Waals surface area contributed by atoms with Gasteiger partial charge in [-0.3, -0.25) is 4.68 Å². The molecular weight excluding hydrogens is 202 g/mol. The van der Waals surface area contributed by atoms with Crippen LogP contribution in [0.1, 0.15) is 19.3 Å². The van der Waals surface area contributed by atoms with Crippen LogP contribution in [0.2, 0.25) is 0 Å². The van der Waals surface area contributed by atoms with Crippen LogP contribution in [-0.4, -0.2) is 52.4 Å². The number of rotatable bonds is 7. The van der Waals surface area contributed by atoms with Crippen LogP contribution in [0.3, 0.4) is 0 Å². The minimum absolute atomic E-state index is 0.906. The van der Waals surface area contributed by atoms with E-state index in [1.54, 1.807) is 12.7 Å². The fourth-order valence-electron chi connectivity index (χ4n) is 2.10. The Labute approximate surface area is 96.8 Å². The van der Waals surface area contributed by atoms with E-state index in [-0.39, 0.29) is 0 Å². The molecule has 0 amide bonds. The van der Waals surface area contributed by atoms with Crippen molar-refractivity contribution in [3.05, 3.63) is 12.7 Å². The molecule has 0 bridgehead atoms. The molecule has 1 aromatic rings. The van der Waals surface area contributed by atoms with Gasteiger partial charge in [0.25, 0.3) is 0 Å². The lowest BCUT2D eigenvalue weighted by molar-refractivity contribution is 0.330. The summed E-state index contributed by atoms with van der Waals surface area (Å²) >= 11 is 0. The highest BCUT2D eigenvalue weighted by Crippen LogP contribution is 2.06. The summed E-state index contributed by atoms with van der Waals surface area (Å²) in [4.78, 5) is 6.46. The molecule has 0 unspecified atom stereocenters. The Morgan fingerprint density at radius 2 is 2.00 bits per heavy atom. The third-order valence-corrected chi connectivity index (χ3v) is 3.01. The molecule has 0 saturated carbocycles. The van der Waals surface area contributed by atoms with E-state index in [9.17, 15) is 0 Å². The Kier molecular flexibility index (Phi) is 4.76. The molecule has 1 fully saturated rings. The van der Waals surface area contributed by atoms with Gasteiger partial charge in [-0.05, 0) is 45.4 Å². The van der Waals surface area contributed by atoms with E-state index in [4.69, 9.17) is 0 Å². The van der Waals surface area contributed by atoms with Gasteiger partial charge in [-0.25, -0.2) is 4.98 Å². The van der Waals surface area contributed by atoms with Gasteiger partial charge < -0.3 is 10.2 Å². The standard InChI is InChI=1S/C11H21N5/c1-2-7-15(6-1)8-3-4-12-5-9-16-11-13-10-14-16/h10-12H,1-9H2. The number of likely N-dealkylation sites (tertiary alicyclic amines) is 1. The molecule has 1 saturated heterocycles. The lowest BCUT2D eigenvalue weighted by Crippen LogP contribution is -2.26. The van der Waals surface area contributed by atoms with Gasteiger partial charge in [0.15, 0.2) is 0 Å². The molecule has 2 heterocycles. The summed E-state index contributed by atoms with van der Waals surface area (Å²) in [6.07, 6.45) is 7.36. The monoisotopic (exact) mass is 223 g/mol. The zero-order chi connectivity index (χ0) is 11.1. The van der Waals surface area contributed by atoms with Crippen LogP contribution in [0.4, 0.5) is 0 Å². The van der Waals surface area contributed by atoms with Crippen molar-refractivity contribution in [3.63, 3.8) is 0 Å². The maximum atomic E-state index is 4.05. The topological polar surface area (TPSA) is 46.0 Å². The fraction of sp³-hybridized carbons (Fsp3) is 0.818. The van der Waals surface area contributed by atoms with Crippen molar-refractivity contribution < 1.29 is 0 Å². The molecule has 0 aromatic carbocycles. The SMILES string of the molecule is c1ncn(CCNCCCN2CCCC2)n1. The first-order chi connectivity index (χ1) is 7.95. The predicted molar refractivity (Wildman–Crippen MR) is 63.2 cm³/mol. The van der Waals surface area contributed by atoms with Gasteiger partial charge in [0, 0.05) is 6.54 Å². The summed E-state index contributed by atoms with van der Waals surface area (Å²) in [7, 11) is 0. The van der Waals surface area contributed by atoms with Gasteiger partial charge in [-0.1, -0.05) is 0 Å². The van der Waals surface area contributed by atoms with Gasteiger partial charge in [0.1, 0.15) is 12.7 Å². The molecule has 1 aliphatic heterocycles. The Morgan fingerprint density at radius 3 is 2.75 bits per heavy atom. The molecule has 90 valence electrons. The van der Waals surface area contributed by atoms with E-state index in [1.807, 2.05) is 4.68 Å². The van der Waals surface area contributed by atoms with Crippen molar-refractivity contribution in [1.29, 1.82) is 0 Å². The van der Waals surface area contributed by atoms with Crippen molar-refractivity contribution in [2.24, 2.45) is 0 Å². The second-order valence-electron chi connectivity index (χ2n) is 4.31. The molecule has 1 aromatic heterocycles. The van der Waals surface area contributed by atoms with Crippen LogP contribution in [0.15, 0.2) is 12.7 Å². The second-order valence-corrected chi connectivity index (χ2v) is 4.31. The first-order valence-electron chi connectivity index (χ1n) is 6.20. The highest BCUT2D eigenvalue weighted by Gasteiger charge is 2.09. The second kappa shape index (κ2) is 6.60. The third kappa shape index (κ3) is 3.90. The van der Waals surface area contributed by atoms with Crippen molar-refractivity contribution >= 4 is 0 Å². The summed E-state index contributed by atoms with van der Waals surface area (Å²) in [5, 5.41) is 7.49. The molecule has 0 radical (unpaired) electrons. The van der Waals surface area contributed by atoms with Crippen LogP contribution >= 0.6 is 0 Å². The molecule has 2 rings (SSSR count). The molecule has 0 spiro atoms. The number of hydrogen-bond donors (Lipinski definition) is 1. The quantitative estimate of drug-likeness (QED) is 0.678. The maximum Gasteiger partial charge on any atom is 0.137 e. The lowest BCUT2D eigenvalue weighted by Gasteiger charge is -2.14. The molecule has 1 aliphatic rings. The Hall–Kier alpha value is -0.940. The largest absolute Gasteiger partial charge is 0.315 e. The van der Waals surface area contributed by atoms with E-state index < -0.39 is 0 Å². The van der Waals surface area contributed by atoms with Crippen LogP contribution in [-0.2, 0) is 6.54 Å². The third-order valence-electron chi connectivity index (χ3n) is 3.01. The molecule has 16 heavy (non-hydrogen) atoms. The van der Waals surface area contributed by atoms with E-state index in [0.717, 1.165) is 19.6 Å². The summed E-state index contributed by atoms with van der Waals surface area (Å²) in [6, 6.07) is 0. The van der Waals surface area contributed by atoms with Crippen LogP contribution < -0.4 is 5.32 Å². The Balaban J connectivity index is 1.43. The zero-order valence-corrected chi connectivity index (χ0v) is 9.81. The highest BCUT2D eigenvalue weighted by molar-refractivity contribution is 4.66. The predicted octanol–water partition coefficient (Wildman–Crippen LogP) is 0.354. The van der Waals surface area contributed by atoms with Crippen molar-refractivity contribution in [1.82, 2.24) is 25.0 Å². The minimum atomic E-state index is 0.906. The number of aromatic nitrogens is 3. The zero-order valence-electron chi connectivity index (χ0n) is 9.81. The van der Waals surface area contributed by atoms with Crippen molar-refractivity contribution in [3.8, 4) is 0 Å². The van der Waals surface area contributed by atoms with Crippen molar-refractivity contribution in [2.75, 3.05) is 32.7 Å². The van der Waals surface area contributed by atoms with Gasteiger partial charge in [0.05, 0.1) is 6.54 Å². The van der Waals surface area contributed by atoms with Gasteiger partial charge in [-0.2, -0.15) is 5.10 Å². The lowest BCUT2D eigenvalue weighted by atomic mass is 10.4.